The zero-order valence-electron chi connectivity index (χ0n) is 10.1. The summed E-state index contributed by atoms with van der Waals surface area (Å²) < 4.78 is 46.7. The Morgan fingerprint density at radius 3 is 2.00 bits per heavy atom. The van der Waals surface area contributed by atoms with Gasteiger partial charge in [-0.05, 0) is 24.1 Å². The monoisotopic (exact) mass is 280 g/mol. The van der Waals surface area contributed by atoms with Crippen LogP contribution in [-0.4, -0.2) is 27.8 Å². The van der Waals surface area contributed by atoms with Crippen LogP contribution in [0.15, 0.2) is 24.3 Å². The summed E-state index contributed by atoms with van der Waals surface area (Å²) in [6.07, 6.45) is -3.92. The molecule has 0 unspecified atom stereocenters. The summed E-state index contributed by atoms with van der Waals surface area (Å²) >= 11 is 0. The zero-order chi connectivity index (χ0) is 13.8. The van der Waals surface area contributed by atoms with E-state index in [9.17, 15) is 18.0 Å². The lowest BCUT2D eigenvalue weighted by atomic mass is 10.1. The molecule has 102 valence electrons. The summed E-state index contributed by atoms with van der Waals surface area (Å²) in [5.74, 6) is 0. The lowest BCUT2D eigenvalue weighted by molar-refractivity contribution is -0.137. The maximum absolute atomic E-state index is 12.3. The lowest BCUT2D eigenvalue weighted by Crippen LogP contribution is -2.40. The first kappa shape index (κ1) is 15.2. The molecule has 0 aliphatic rings. The van der Waals surface area contributed by atoms with Crippen LogP contribution < -0.4 is 0 Å². The summed E-state index contributed by atoms with van der Waals surface area (Å²) in [6, 6.07) is 5.10. The smallest absolute Gasteiger partial charge is 0.390 e. The molecule has 1 N–H and O–H groups in total. The molecule has 0 saturated heterocycles. The van der Waals surface area contributed by atoms with E-state index in [0.29, 0.717) is 12.0 Å². The maximum atomic E-state index is 12.3. The molecule has 3 nitrogen and oxygen atoms in total. The van der Waals surface area contributed by atoms with Crippen molar-refractivity contribution in [2.24, 2.45) is 0 Å². The van der Waals surface area contributed by atoms with Gasteiger partial charge in [-0.3, -0.25) is 0 Å². The number of benzene rings is 1. The Morgan fingerprint density at radius 1 is 1.11 bits per heavy atom. The molecule has 0 atom stereocenters. The Morgan fingerprint density at radius 2 is 1.61 bits per heavy atom. The SMILES string of the molecule is CO[Si](O)(CCc1ccc(C(F)(F)F)cc1)OC. The molecule has 0 amide bonds. The Bertz CT molecular complexity index is 374. The third-order valence-corrected chi connectivity index (χ3v) is 4.81. The second-order valence-corrected chi connectivity index (χ2v) is 6.56. The van der Waals surface area contributed by atoms with Crippen LogP contribution in [0.2, 0.25) is 6.04 Å². The standard InChI is InChI=1S/C11H15F3O3Si/c1-16-18(15,17-2)8-7-9-3-5-10(6-4-9)11(12,13)14/h3-6,15H,7-8H2,1-2H3. The van der Waals surface area contributed by atoms with Crippen molar-refractivity contribution >= 4 is 8.80 Å². The van der Waals surface area contributed by atoms with Crippen LogP contribution in [0.1, 0.15) is 11.1 Å². The summed E-state index contributed by atoms with van der Waals surface area (Å²) in [7, 11) is -0.453. The van der Waals surface area contributed by atoms with E-state index in [-0.39, 0.29) is 6.04 Å². The van der Waals surface area contributed by atoms with Crippen molar-refractivity contribution in [3.63, 3.8) is 0 Å². The highest BCUT2D eigenvalue weighted by atomic mass is 28.4. The molecule has 0 bridgehead atoms. The Kier molecular flexibility index (Phi) is 4.91. The van der Waals surface area contributed by atoms with Gasteiger partial charge in [0.15, 0.2) is 0 Å². The molecule has 0 spiro atoms. The quantitative estimate of drug-likeness (QED) is 0.842. The van der Waals surface area contributed by atoms with Crippen molar-refractivity contribution in [3.05, 3.63) is 35.4 Å². The van der Waals surface area contributed by atoms with E-state index in [1.54, 1.807) is 0 Å². The van der Waals surface area contributed by atoms with Gasteiger partial charge in [-0.15, -0.1) is 0 Å². The molecule has 1 aromatic carbocycles. The number of aryl methyl sites for hydroxylation is 1. The van der Waals surface area contributed by atoms with Gasteiger partial charge in [0, 0.05) is 20.3 Å². The van der Waals surface area contributed by atoms with Crippen LogP contribution in [0.4, 0.5) is 13.2 Å². The third-order valence-electron chi connectivity index (χ3n) is 2.65. The van der Waals surface area contributed by atoms with Crippen molar-refractivity contribution in [2.45, 2.75) is 18.6 Å². The average Bonchev–Trinajstić information content (AvgIpc) is 2.35. The summed E-state index contributed by atoms with van der Waals surface area (Å²) in [6.45, 7) is 0. The van der Waals surface area contributed by atoms with Gasteiger partial charge < -0.3 is 13.6 Å². The lowest BCUT2D eigenvalue weighted by Gasteiger charge is -2.19. The van der Waals surface area contributed by atoms with Gasteiger partial charge >= 0.3 is 15.0 Å². The first-order valence-electron chi connectivity index (χ1n) is 5.29. The predicted molar refractivity (Wildman–Crippen MR) is 61.9 cm³/mol. The average molecular weight is 280 g/mol. The second kappa shape index (κ2) is 5.83. The Labute approximate surface area is 105 Å². The minimum atomic E-state index is -4.33. The molecule has 0 fully saturated rings. The molecule has 0 aromatic heterocycles. The molecule has 0 radical (unpaired) electrons. The molecule has 0 aliphatic heterocycles. The van der Waals surface area contributed by atoms with Gasteiger partial charge in [-0.25, -0.2) is 0 Å². The summed E-state index contributed by atoms with van der Waals surface area (Å²) in [5.41, 5.74) is 0.0141. The zero-order valence-corrected chi connectivity index (χ0v) is 11.1. The summed E-state index contributed by atoms with van der Waals surface area (Å²) in [4.78, 5) is 9.79. The van der Waals surface area contributed by atoms with Crippen molar-refractivity contribution in [1.29, 1.82) is 0 Å². The van der Waals surface area contributed by atoms with E-state index >= 15 is 0 Å². The highest BCUT2D eigenvalue weighted by Gasteiger charge is 2.34. The van der Waals surface area contributed by atoms with Gasteiger partial charge in [0.25, 0.3) is 0 Å². The first-order chi connectivity index (χ1) is 8.30. The molecule has 18 heavy (non-hydrogen) atoms. The molecule has 0 heterocycles. The predicted octanol–water partition coefficient (Wildman–Crippen LogP) is 2.47. The van der Waals surface area contributed by atoms with E-state index in [2.05, 4.69) is 0 Å². The van der Waals surface area contributed by atoms with Crippen LogP contribution in [-0.2, 0) is 21.4 Å². The molecule has 0 saturated carbocycles. The normalized spacial score (nSPS) is 12.8. The number of alkyl halides is 3. The van der Waals surface area contributed by atoms with Crippen LogP contribution in [0, 0.1) is 0 Å². The Hall–Kier alpha value is -0.893. The van der Waals surface area contributed by atoms with Gasteiger partial charge in [0.1, 0.15) is 0 Å². The van der Waals surface area contributed by atoms with Crippen molar-refractivity contribution in [2.75, 3.05) is 14.2 Å². The highest BCUT2D eigenvalue weighted by molar-refractivity contribution is 6.59. The van der Waals surface area contributed by atoms with Crippen LogP contribution in [0.3, 0.4) is 0 Å². The minimum Gasteiger partial charge on any atom is -0.390 e. The third kappa shape index (κ3) is 4.09. The number of halogens is 3. The van der Waals surface area contributed by atoms with E-state index in [1.165, 1.54) is 26.4 Å². The van der Waals surface area contributed by atoms with Crippen molar-refractivity contribution in [3.8, 4) is 0 Å². The molecule has 1 aromatic rings. The first-order valence-corrected chi connectivity index (χ1v) is 7.26. The highest BCUT2D eigenvalue weighted by Crippen LogP contribution is 2.29. The molecular formula is C11H15F3O3Si. The van der Waals surface area contributed by atoms with Gasteiger partial charge in [0.2, 0.25) is 0 Å². The van der Waals surface area contributed by atoms with Gasteiger partial charge in [-0.2, -0.15) is 13.2 Å². The van der Waals surface area contributed by atoms with E-state index in [4.69, 9.17) is 8.85 Å². The maximum Gasteiger partial charge on any atom is 0.498 e. The molecular weight excluding hydrogens is 265 g/mol. The molecule has 7 heteroatoms. The van der Waals surface area contributed by atoms with Gasteiger partial charge in [0.05, 0.1) is 5.56 Å². The van der Waals surface area contributed by atoms with E-state index in [1.807, 2.05) is 0 Å². The van der Waals surface area contributed by atoms with E-state index < -0.39 is 20.5 Å². The number of hydrogen-bond donors (Lipinski definition) is 1. The summed E-state index contributed by atoms with van der Waals surface area (Å²) in [5, 5.41) is 0. The second-order valence-electron chi connectivity index (χ2n) is 3.82. The van der Waals surface area contributed by atoms with Gasteiger partial charge in [-0.1, -0.05) is 12.1 Å². The largest absolute Gasteiger partial charge is 0.498 e. The van der Waals surface area contributed by atoms with Crippen molar-refractivity contribution < 1.29 is 26.8 Å². The Balaban J connectivity index is 2.65. The number of hydrogen-bond acceptors (Lipinski definition) is 3. The molecule has 1 rings (SSSR count). The van der Waals surface area contributed by atoms with Crippen LogP contribution in [0.5, 0.6) is 0 Å². The topological polar surface area (TPSA) is 38.7 Å². The van der Waals surface area contributed by atoms with Crippen LogP contribution >= 0.6 is 0 Å². The van der Waals surface area contributed by atoms with Crippen LogP contribution in [0.25, 0.3) is 0 Å². The van der Waals surface area contributed by atoms with E-state index in [0.717, 1.165) is 12.1 Å². The molecule has 0 aliphatic carbocycles. The minimum absolute atomic E-state index is 0.269. The number of rotatable bonds is 5. The fourth-order valence-electron chi connectivity index (χ4n) is 1.45. The fraction of sp³-hybridized carbons (Fsp3) is 0.455. The van der Waals surface area contributed by atoms with Crippen molar-refractivity contribution in [1.82, 2.24) is 0 Å². The fourth-order valence-corrected chi connectivity index (χ4v) is 2.63.